The zero-order chi connectivity index (χ0) is 16.8. The van der Waals surface area contributed by atoms with E-state index in [1.807, 2.05) is 12.1 Å². The highest BCUT2D eigenvalue weighted by Crippen LogP contribution is 2.24. The molecule has 0 aliphatic carbocycles. The number of rotatable bonds is 5. The zero-order valence-electron chi connectivity index (χ0n) is 13.1. The van der Waals surface area contributed by atoms with Crippen LogP contribution in [0.25, 0.3) is 0 Å². The van der Waals surface area contributed by atoms with E-state index in [1.54, 1.807) is 44.4 Å². The average molecular weight is 333 g/mol. The fraction of sp³-hybridized carbons (Fsp3) is 0.176. The normalized spacial score (nSPS) is 11.0. The molecule has 1 amide bonds. The van der Waals surface area contributed by atoms with Gasteiger partial charge in [0.2, 0.25) is 0 Å². The number of methoxy groups -OCH3 is 2. The van der Waals surface area contributed by atoms with E-state index in [2.05, 4.69) is 10.5 Å². The zero-order valence-corrected chi connectivity index (χ0v) is 13.8. The van der Waals surface area contributed by atoms with Crippen LogP contribution in [0.5, 0.6) is 11.5 Å². The molecule has 2 aromatic carbocycles. The van der Waals surface area contributed by atoms with Crippen LogP contribution < -0.4 is 14.9 Å². The van der Waals surface area contributed by atoms with Gasteiger partial charge in [-0.3, -0.25) is 4.79 Å². The van der Waals surface area contributed by atoms with Crippen molar-refractivity contribution < 1.29 is 14.3 Å². The van der Waals surface area contributed by atoms with E-state index >= 15 is 0 Å². The molecule has 0 aliphatic heterocycles. The second kappa shape index (κ2) is 7.65. The van der Waals surface area contributed by atoms with Crippen LogP contribution in [-0.2, 0) is 0 Å². The number of hydrazone groups is 1. The highest BCUT2D eigenvalue weighted by atomic mass is 35.5. The Morgan fingerprint density at radius 2 is 1.78 bits per heavy atom. The summed E-state index contributed by atoms with van der Waals surface area (Å²) in [6.45, 7) is 1.80. The van der Waals surface area contributed by atoms with Gasteiger partial charge < -0.3 is 9.47 Å². The molecule has 2 rings (SSSR count). The van der Waals surface area contributed by atoms with Crippen LogP contribution in [0.15, 0.2) is 47.6 Å². The minimum absolute atomic E-state index is 0.363. The molecule has 1 N–H and O–H groups in total. The molecule has 0 aliphatic rings. The van der Waals surface area contributed by atoms with Gasteiger partial charge in [-0.05, 0) is 36.8 Å². The van der Waals surface area contributed by atoms with Crippen LogP contribution in [0.3, 0.4) is 0 Å². The Kier molecular flexibility index (Phi) is 5.60. The summed E-state index contributed by atoms with van der Waals surface area (Å²) < 4.78 is 10.3. The Morgan fingerprint density at radius 3 is 2.39 bits per heavy atom. The first-order chi connectivity index (χ1) is 11.0. The molecule has 6 heteroatoms. The molecule has 0 spiro atoms. The monoisotopic (exact) mass is 332 g/mol. The number of nitrogens with zero attached hydrogens (tertiary/aromatic N) is 1. The van der Waals surface area contributed by atoms with Crippen molar-refractivity contribution in [3.63, 3.8) is 0 Å². The van der Waals surface area contributed by atoms with E-state index in [1.165, 1.54) is 7.11 Å². The molecule has 0 unspecified atom stereocenters. The summed E-state index contributed by atoms with van der Waals surface area (Å²) in [7, 11) is 3.04. The summed E-state index contributed by atoms with van der Waals surface area (Å²) in [5, 5.41) is 4.75. The van der Waals surface area contributed by atoms with Crippen LogP contribution in [0.2, 0.25) is 5.02 Å². The van der Waals surface area contributed by atoms with Crippen LogP contribution >= 0.6 is 11.6 Å². The summed E-state index contributed by atoms with van der Waals surface area (Å²) in [6.07, 6.45) is 0. The van der Waals surface area contributed by atoms with Gasteiger partial charge in [0, 0.05) is 11.1 Å². The molecule has 0 saturated carbocycles. The highest BCUT2D eigenvalue weighted by Gasteiger charge is 2.13. The largest absolute Gasteiger partial charge is 0.497 e. The third kappa shape index (κ3) is 4.23. The maximum absolute atomic E-state index is 12.3. The lowest BCUT2D eigenvalue weighted by Crippen LogP contribution is -2.20. The minimum Gasteiger partial charge on any atom is -0.497 e. The molecular formula is C17H17ClN2O3. The number of hydrogen-bond donors (Lipinski definition) is 1. The fourth-order valence-corrected chi connectivity index (χ4v) is 2.06. The smallest absolute Gasteiger partial charge is 0.275 e. The number of hydrogen-bond acceptors (Lipinski definition) is 4. The first-order valence-electron chi connectivity index (χ1n) is 6.87. The van der Waals surface area contributed by atoms with Crippen molar-refractivity contribution in [2.24, 2.45) is 5.10 Å². The lowest BCUT2D eigenvalue weighted by Gasteiger charge is -2.09. The Bertz CT molecular complexity index is 727. The Balaban J connectivity index is 2.15. The van der Waals surface area contributed by atoms with Crippen molar-refractivity contribution in [2.45, 2.75) is 6.92 Å². The SMILES string of the molecule is COc1ccc(C(=O)N/N=C(/C)c2ccc(Cl)cc2)c(OC)c1. The molecule has 0 fully saturated rings. The molecule has 2 aromatic rings. The molecule has 0 heterocycles. The Labute approximate surface area is 139 Å². The van der Waals surface area contributed by atoms with Crippen molar-refractivity contribution >= 4 is 23.2 Å². The van der Waals surface area contributed by atoms with Crippen LogP contribution in [0, 0.1) is 0 Å². The summed E-state index contributed by atoms with van der Waals surface area (Å²) >= 11 is 5.85. The Morgan fingerprint density at radius 1 is 1.09 bits per heavy atom. The number of benzene rings is 2. The molecule has 120 valence electrons. The predicted octanol–water partition coefficient (Wildman–Crippen LogP) is 3.51. The maximum Gasteiger partial charge on any atom is 0.275 e. The summed E-state index contributed by atoms with van der Waals surface area (Å²) in [4.78, 5) is 12.3. The number of ether oxygens (including phenoxy) is 2. The van der Waals surface area contributed by atoms with Crippen LogP contribution in [-0.4, -0.2) is 25.8 Å². The van der Waals surface area contributed by atoms with Gasteiger partial charge in [0.05, 0.1) is 25.5 Å². The van der Waals surface area contributed by atoms with Gasteiger partial charge in [-0.15, -0.1) is 0 Å². The molecule has 23 heavy (non-hydrogen) atoms. The van der Waals surface area contributed by atoms with Gasteiger partial charge in [-0.2, -0.15) is 5.10 Å². The predicted molar refractivity (Wildman–Crippen MR) is 90.7 cm³/mol. The first kappa shape index (κ1) is 16.8. The van der Waals surface area contributed by atoms with Crippen molar-refractivity contribution in [2.75, 3.05) is 14.2 Å². The van der Waals surface area contributed by atoms with Crippen LogP contribution in [0.1, 0.15) is 22.8 Å². The number of nitrogens with one attached hydrogen (secondary N) is 1. The quantitative estimate of drug-likeness (QED) is 0.673. The van der Waals surface area contributed by atoms with E-state index in [4.69, 9.17) is 21.1 Å². The van der Waals surface area contributed by atoms with Gasteiger partial charge in [-0.1, -0.05) is 23.7 Å². The van der Waals surface area contributed by atoms with E-state index in [0.717, 1.165) is 5.56 Å². The second-order valence-corrected chi connectivity index (χ2v) is 5.15. The molecule has 0 atom stereocenters. The molecule has 5 nitrogen and oxygen atoms in total. The third-order valence-electron chi connectivity index (χ3n) is 3.24. The number of halogens is 1. The van der Waals surface area contributed by atoms with Crippen molar-refractivity contribution in [1.29, 1.82) is 0 Å². The van der Waals surface area contributed by atoms with Gasteiger partial charge in [0.25, 0.3) is 5.91 Å². The van der Waals surface area contributed by atoms with E-state index in [9.17, 15) is 4.79 Å². The third-order valence-corrected chi connectivity index (χ3v) is 3.49. The van der Waals surface area contributed by atoms with Crippen LogP contribution in [0.4, 0.5) is 0 Å². The fourth-order valence-electron chi connectivity index (χ4n) is 1.94. The maximum atomic E-state index is 12.3. The van der Waals surface area contributed by atoms with Gasteiger partial charge >= 0.3 is 0 Å². The number of carbonyl (C=O) groups is 1. The van der Waals surface area contributed by atoms with Gasteiger partial charge in [0.15, 0.2) is 0 Å². The minimum atomic E-state index is -0.363. The average Bonchev–Trinajstić information content (AvgIpc) is 2.59. The lowest BCUT2D eigenvalue weighted by atomic mass is 10.1. The lowest BCUT2D eigenvalue weighted by molar-refractivity contribution is 0.0951. The van der Waals surface area contributed by atoms with Crippen molar-refractivity contribution in [1.82, 2.24) is 5.43 Å². The molecular weight excluding hydrogens is 316 g/mol. The Hall–Kier alpha value is -2.53. The van der Waals surface area contributed by atoms with Gasteiger partial charge in [-0.25, -0.2) is 5.43 Å². The van der Waals surface area contributed by atoms with E-state index in [-0.39, 0.29) is 5.91 Å². The van der Waals surface area contributed by atoms with Crippen molar-refractivity contribution in [3.05, 3.63) is 58.6 Å². The van der Waals surface area contributed by atoms with E-state index < -0.39 is 0 Å². The molecule has 0 radical (unpaired) electrons. The molecule has 0 saturated heterocycles. The summed E-state index contributed by atoms with van der Waals surface area (Å²) in [5.41, 5.74) is 4.44. The highest BCUT2D eigenvalue weighted by molar-refractivity contribution is 6.30. The standard InChI is InChI=1S/C17H17ClN2O3/c1-11(12-4-6-13(18)7-5-12)19-20-17(21)15-9-8-14(22-2)10-16(15)23-3/h4-10H,1-3H3,(H,20,21)/b19-11-. The van der Waals surface area contributed by atoms with E-state index in [0.29, 0.717) is 27.8 Å². The summed E-state index contributed by atoms with van der Waals surface area (Å²) in [6, 6.07) is 12.2. The molecule has 0 bridgehead atoms. The van der Waals surface area contributed by atoms with Crippen molar-refractivity contribution in [3.8, 4) is 11.5 Å². The summed E-state index contributed by atoms with van der Waals surface area (Å²) in [5.74, 6) is 0.665. The first-order valence-corrected chi connectivity index (χ1v) is 7.25. The topological polar surface area (TPSA) is 59.9 Å². The number of carbonyl (C=O) groups excluding carboxylic acids is 1. The second-order valence-electron chi connectivity index (χ2n) is 4.71. The van der Waals surface area contributed by atoms with Gasteiger partial charge in [0.1, 0.15) is 11.5 Å². The molecule has 0 aromatic heterocycles. The number of amides is 1.